The first-order valence-corrected chi connectivity index (χ1v) is 5.57. The van der Waals surface area contributed by atoms with Crippen molar-refractivity contribution in [3.8, 4) is 0 Å². The van der Waals surface area contributed by atoms with Crippen LogP contribution < -0.4 is 0 Å². The third-order valence-corrected chi connectivity index (χ3v) is 3.66. The molecular formula is C12H13NO3. The summed E-state index contributed by atoms with van der Waals surface area (Å²) in [6, 6.07) is 0. The highest BCUT2D eigenvalue weighted by Crippen LogP contribution is 2.42. The lowest BCUT2D eigenvalue weighted by molar-refractivity contribution is -0.151. The number of fused-ring (bicyclic) bond motifs is 2. The number of amides is 1. The molecule has 4 heteroatoms. The molecule has 1 saturated heterocycles. The molecule has 0 saturated carbocycles. The van der Waals surface area contributed by atoms with E-state index in [-0.39, 0.29) is 0 Å². The zero-order valence-corrected chi connectivity index (χ0v) is 9.16. The van der Waals surface area contributed by atoms with Crippen LogP contribution in [-0.4, -0.2) is 29.0 Å². The van der Waals surface area contributed by atoms with Crippen LogP contribution in [0.15, 0.2) is 23.3 Å². The first kappa shape index (κ1) is 9.63. The van der Waals surface area contributed by atoms with Crippen LogP contribution in [0.4, 0.5) is 0 Å². The molecule has 3 aliphatic rings. The minimum atomic E-state index is -0.813. The van der Waals surface area contributed by atoms with E-state index in [0.29, 0.717) is 6.54 Å². The Labute approximate surface area is 93.6 Å². The molecule has 1 fully saturated rings. The van der Waals surface area contributed by atoms with Crippen LogP contribution >= 0.6 is 0 Å². The normalized spacial score (nSPS) is 32.7. The van der Waals surface area contributed by atoms with E-state index in [1.807, 2.05) is 6.92 Å². The minimum absolute atomic E-state index is 0.497. The van der Waals surface area contributed by atoms with E-state index in [9.17, 15) is 9.59 Å². The highest BCUT2D eigenvalue weighted by atomic mass is 16.6. The summed E-state index contributed by atoms with van der Waals surface area (Å²) in [7, 11) is 0. The lowest BCUT2D eigenvalue weighted by Gasteiger charge is -2.40. The summed E-state index contributed by atoms with van der Waals surface area (Å²) in [4.78, 5) is 24.6. The zero-order chi connectivity index (χ0) is 11.3. The predicted octanol–water partition coefficient (Wildman–Crippen LogP) is 1.14. The second-order valence-electron chi connectivity index (χ2n) is 4.52. The van der Waals surface area contributed by atoms with Crippen LogP contribution in [0.5, 0.6) is 0 Å². The Hall–Kier alpha value is -1.58. The number of rotatable bonds is 0. The van der Waals surface area contributed by atoms with Crippen LogP contribution in [-0.2, 0) is 14.3 Å². The molecule has 0 radical (unpaired) electrons. The maximum atomic E-state index is 11.6. The van der Waals surface area contributed by atoms with Gasteiger partial charge in [-0.3, -0.25) is 9.69 Å². The Morgan fingerprint density at radius 3 is 3.00 bits per heavy atom. The van der Waals surface area contributed by atoms with Gasteiger partial charge in [-0.05, 0) is 37.3 Å². The zero-order valence-electron chi connectivity index (χ0n) is 9.16. The number of carbonyl (C=O) groups is 2. The number of hydrogen-bond acceptors (Lipinski definition) is 3. The molecule has 1 aliphatic carbocycles. The van der Waals surface area contributed by atoms with Crippen molar-refractivity contribution < 1.29 is 14.3 Å². The van der Waals surface area contributed by atoms with Gasteiger partial charge in [-0.25, -0.2) is 4.79 Å². The van der Waals surface area contributed by atoms with Gasteiger partial charge < -0.3 is 4.74 Å². The summed E-state index contributed by atoms with van der Waals surface area (Å²) >= 11 is 0. The maximum Gasteiger partial charge on any atom is 0.399 e. The number of allylic oxidation sites excluding steroid dienone is 2. The molecular weight excluding hydrogens is 206 g/mol. The summed E-state index contributed by atoms with van der Waals surface area (Å²) in [6.07, 6.45) is 6.88. The highest BCUT2D eigenvalue weighted by molar-refractivity contribution is 6.34. The molecule has 2 aliphatic heterocycles. The number of hydrogen-bond donors (Lipinski definition) is 0. The largest absolute Gasteiger partial charge is 0.428 e. The Kier molecular flexibility index (Phi) is 1.79. The molecule has 84 valence electrons. The molecule has 1 amide bonds. The summed E-state index contributed by atoms with van der Waals surface area (Å²) in [5, 5.41) is 0. The molecule has 0 spiro atoms. The predicted molar refractivity (Wildman–Crippen MR) is 56.2 cm³/mol. The molecule has 1 unspecified atom stereocenters. The smallest absolute Gasteiger partial charge is 0.399 e. The van der Waals surface area contributed by atoms with Gasteiger partial charge in [0.15, 0.2) is 0 Å². The molecule has 1 atom stereocenters. The van der Waals surface area contributed by atoms with Crippen molar-refractivity contribution in [2.24, 2.45) is 0 Å². The molecule has 4 nitrogen and oxygen atoms in total. The van der Waals surface area contributed by atoms with Gasteiger partial charge in [-0.1, -0.05) is 12.2 Å². The van der Waals surface area contributed by atoms with Gasteiger partial charge in [0.1, 0.15) is 0 Å². The van der Waals surface area contributed by atoms with E-state index < -0.39 is 17.6 Å². The van der Waals surface area contributed by atoms with Crippen LogP contribution in [0, 0.1) is 0 Å². The number of ether oxygens (including phenoxy) is 1. The first-order chi connectivity index (χ1) is 7.63. The Morgan fingerprint density at radius 1 is 1.38 bits per heavy atom. The van der Waals surface area contributed by atoms with E-state index in [0.717, 1.165) is 24.8 Å². The van der Waals surface area contributed by atoms with Gasteiger partial charge >= 0.3 is 11.9 Å². The van der Waals surface area contributed by atoms with Gasteiger partial charge in [0.05, 0.1) is 0 Å². The molecule has 0 N–H and O–H groups in total. The second kappa shape index (κ2) is 2.97. The van der Waals surface area contributed by atoms with E-state index in [1.54, 1.807) is 4.90 Å². The SMILES string of the molecule is CC12OC(=O)C(=O)N1CCC1=C2CCC=C1. The van der Waals surface area contributed by atoms with E-state index in [2.05, 4.69) is 12.2 Å². The number of nitrogens with zero attached hydrogens (tertiary/aromatic N) is 1. The fourth-order valence-electron chi connectivity index (χ4n) is 2.83. The van der Waals surface area contributed by atoms with Crippen LogP contribution in [0.3, 0.4) is 0 Å². The van der Waals surface area contributed by atoms with Crippen molar-refractivity contribution >= 4 is 11.9 Å². The van der Waals surface area contributed by atoms with Gasteiger partial charge in [0.2, 0.25) is 5.72 Å². The quantitative estimate of drug-likeness (QED) is 0.453. The van der Waals surface area contributed by atoms with Gasteiger partial charge in [-0.15, -0.1) is 0 Å². The fourth-order valence-corrected chi connectivity index (χ4v) is 2.83. The molecule has 0 aromatic rings. The average molecular weight is 219 g/mol. The summed E-state index contributed by atoms with van der Waals surface area (Å²) in [6.45, 7) is 2.40. The Morgan fingerprint density at radius 2 is 2.19 bits per heavy atom. The Balaban J connectivity index is 2.11. The number of carbonyl (C=O) groups excluding carboxylic acids is 2. The molecule has 2 heterocycles. The third-order valence-electron chi connectivity index (χ3n) is 3.66. The molecule has 0 bridgehead atoms. The number of esters is 1. The van der Waals surface area contributed by atoms with E-state index in [1.165, 1.54) is 5.57 Å². The lowest BCUT2D eigenvalue weighted by Crippen LogP contribution is -2.49. The van der Waals surface area contributed by atoms with Crippen molar-refractivity contribution in [2.75, 3.05) is 6.54 Å². The summed E-state index contributed by atoms with van der Waals surface area (Å²) in [5.41, 5.74) is 1.51. The molecule has 0 aromatic carbocycles. The minimum Gasteiger partial charge on any atom is -0.428 e. The standard InChI is InChI=1S/C12H13NO3/c1-12-9-5-3-2-4-8(9)6-7-13(12)10(14)11(15)16-12/h2,4H,3,5-7H2,1H3. The monoisotopic (exact) mass is 219 g/mol. The second-order valence-corrected chi connectivity index (χ2v) is 4.52. The van der Waals surface area contributed by atoms with Crippen molar-refractivity contribution in [1.29, 1.82) is 0 Å². The topological polar surface area (TPSA) is 46.6 Å². The van der Waals surface area contributed by atoms with Crippen LogP contribution in [0.25, 0.3) is 0 Å². The first-order valence-electron chi connectivity index (χ1n) is 5.57. The van der Waals surface area contributed by atoms with E-state index >= 15 is 0 Å². The van der Waals surface area contributed by atoms with Gasteiger partial charge in [0, 0.05) is 6.54 Å². The third kappa shape index (κ3) is 1.04. The summed E-state index contributed by atoms with van der Waals surface area (Å²) < 4.78 is 5.28. The van der Waals surface area contributed by atoms with Crippen molar-refractivity contribution in [3.63, 3.8) is 0 Å². The average Bonchev–Trinajstić information content (AvgIpc) is 2.51. The maximum absolute atomic E-state index is 11.6. The lowest BCUT2D eigenvalue weighted by atomic mass is 9.85. The van der Waals surface area contributed by atoms with E-state index in [4.69, 9.17) is 4.74 Å². The van der Waals surface area contributed by atoms with Crippen molar-refractivity contribution in [2.45, 2.75) is 31.9 Å². The van der Waals surface area contributed by atoms with Crippen LogP contribution in [0.2, 0.25) is 0 Å². The highest BCUT2D eigenvalue weighted by Gasteiger charge is 2.53. The van der Waals surface area contributed by atoms with Crippen molar-refractivity contribution in [1.82, 2.24) is 4.90 Å². The Bertz CT molecular complexity index is 449. The van der Waals surface area contributed by atoms with Crippen molar-refractivity contribution in [3.05, 3.63) is 23.3 Å². The summed E-state index contributed by atoms with van der Waals surface area (Å²) in [5.74, 6) is -1.21. The molecule has 16 heavy (non-hydrogen) atoms. The van der Waals surface area contributed by atoms with Crippen LogP contribution in [0.1, 0.15) is 26.2 Å². The fraction of sp³-hybridized carbons (Fsp3) is 0.500. The molecule has 3 rings (SSSR count). The molecule has 0 aromatic heterocycles. The van der Waals surface area contributed by atoms with Gasteiger partial charge in [0.25, 0.3) is 0 Å². The van der Waals surface area contributed by atoms with Gasteiger partial charge in [-0.2, -0.15) is 0 Å².